The van der Waals surface area contributed by atoms with Gasteiger partial charge in [-0.3, -0.25) is 0 Å². The lowest BCUT2D eigenvalue weighted by Crippen LogP contribution is -2.48. The molecule has 3 aliphatic rings. The van der Waals surface area contributed by atoms with Crippen LogP contribution in [0, 0.1) is 17.3 Å². The number of rotatable bonds is 2. The number of pyridine rings is 1. The largest absolute Gasteiger partial charge is 0.462 e. The number of benzene rings is 1. The number of hydrogen-bond acceptors (Lipinski definition) is 5. The molecule has 1 aromatic carbocycles. The summed E-state index contributed by atoms with van der Waals surface area (Å²) in [5.74, 6) is -0.333. The number of hydrogen-bond donors (Lipinski definition) is 1. The van der Waals surface area contributed by atoms with Gasteiger partial charge in [0.25, 0.3) is 6.02 Å². The Morgan fingerprint density at radius 3 is 2.93 bits per heavy atom. The van der Waals surface area contributed by atoms with E-state index in [-0.39, 0.29) is 18.0 Å². The minimum absolute atomic E-state index is 0.126. The molecule has 1 saturated carbocycles. The number of nitrogens with two attached hydrogens (primary N) is 1. The average Bonchev–Trinajstić information content (AvgIpc) is 3.13. The predicted octanol–water partition coefficient (Wildman–Crippen LogP) is 3.81. The van der Waals surface area contributed by atoms with Gasteiger partial charge in [-0.1, -0.05) is 19.1 Å². The predicted molar refractivity (Wildman–Crippen MR) is 109 cm³/mol. The molecule has 1 aliphatic heterocycles. The van der Waals surface area contributed by atoms with E-state index in [0.717, 1.165) is 30.4 Å². The number of ether oxygens (including phenoxy) is 2. The Balaban J connectivity index is 1.71. The molecular formula is C23H26FN3O2. The average molecular weight is 397 g/mol. The number of amidine groups is 1. The first-order chi connectivity index (χ1) is 14.7. The Hall–Kier alpha value is -2.47. The maximum absolute atomic E-state index is 14.4. The first kappa shape index (κ1) is 16.3. The summed E-state index contributed by atoms with van der Waals surface area (Å²) >= 11 is 0. The fourth-order valence-electron chi connectivity index (χ4n) is 5.69. The van der Waals surface area contributed by atoms with Crippen LogP contribution in [-0.2, 0) is 21.4 Å². The van der Waals surface area contributed by atoms with Crippen LogP contribution in [-0.4, -0.2) is 30.8 Å². The van der Waals surface area contributed by atoms with Gasteiger partial charge in [0.1, 0.15) is 12.1 Å². The van der Waals surface area contributed by atoms with Crippen LogP contribution < -0.4 is 5.73 Å². The highest BCUT2D eigenvalue weighted by Gasteiger charge is 2.62. The lowest BCUT2D eigenvalue weighted by Gasteiger charge is -2.47. The molecule has 152 valence electrons. The van der Waals surface area contributed by atoms with E-state index >= 15 is 0 Å². The minimum atomic E-state index is -2.12. The maximum Gasteiger partial charge on any atom is 0.283 e. The lowest BCUT2D eigenvalue weighted by atomic mass is 9.59. The number of nitrogens with zero attached hydrogens (tertiary/aromatic N) is 2. The molecular weight excluding hydrogens is 369 g/mol. The zero-order chi connectivity index (χ0) is 22.0. The first-order valence-corrected chi connectivity index (χ1v) is 10.0. The van der Waals surface area contributed by atoms with Crippen molar-refractivity contribution in [2.75, 3.05) is 13.7 Å². The van der Waals surface area contributed by atoms with Gasteiger partial charge in [-0.2, -0.15) is 4.39 Å². The summed E-state index contributed by atoms with van der Waals surface area (Å²) in [5.41, 5.74) is 6.91. The Bertz CT molecular complexity index is 1080. The molecule has 5 rings (SSSR count). The third-order valence-electron chi connectivity index (χ3n) is 7.00. The molecule has 0 radical (unpaired) electrons. The SMILES string of the molecule is [2H]C1([2H])OC(N)=N[C@@]12c1cc(-c3cccnc3F)ccc1C[C@]21CC[C@@H](OC)[C@H](C)C1. The summed E-state index contributed by atoms with van der Waals surface area (Å²) in [6, 6.07) is 8.89. The van der Waals surface area contributed by atoms with Crippen molar-refractivity contribution in [2.45, 2.75) is 44.2 Å². The van der Waals surface area contributed by atoms with E-state index in [1.54, 1.807) is 19.2 Å². The van der Waals surface area contributed by atoms with Crippen LogP contribution in [0.5, 0.6) is 0 Å². The Morgan fingerprint density at radius 1 is 1.38 bits per heavy atom. The molecule has 2 N–H and O–H groups in total. The fourth-order valence-corrected chi connectivity index (χ4v) is 5.69. The zero-order valence-electron chi connectivity index (χ0n) is 18.6. The molecule has 0 amide bonds. The van der Waals surface area contributed by atoms with Gasteiger partial charge < -0.3 is 15.2 Å². The third-order valence-corrected chi connectivity index (χ3v) is 7.00. The quantitative estimate of drug-likeness (QED) is 0.783. The summed E-state index contributed by atoms with van der Waals surface area (Å²) in [4.78, 5) is 8.44. The minimum Gasteiger partial charge on any atom is -0.462 e. The normalized spacial score (nSPS) is 35.8. The number of aliphatic imine (C=N–C) groups is 1. The van der Waals surface area contributed by atoms with E-state index in [4.69, 9.17) is 17.9 Å². The monoisotopic (exact) mass is 397 g/mol. The molecule has 2 aromatic rings. The second-order valence-electron chi connectivity index (χ2n) is 8.53. The molecule has 29 heavy (non-hydrogen) atoms. The molecule has 1 aromatic heterocycles. The van der Waals surface area contributed by atoms with Crippen molar-refractivity contribution >= 4 is 6.02 Å². The summed E-state index contributed by atoms with van der Waals surface area (Å²) in [6.07, 6.45) is 4.48. The van der Waals surface area contributed by atoms with E-state index in [0.29, 0.717) is 17.5 Å². The second-order valence-corrected chi connectivity index (χ2v) is 8.53. The van der Waals surface area contributed by atoms with Crippen molar-refractivity contribution < 1.29 is 16.6 Å². The van der Waals surface area contributed by atoms with Gasteiger partial charge in [0.2, 0.25) is 5.95 Å². The van der Waals surface area contributed by atoms with Gasteiger partial charge in [0.15, 0.2) is 0 Å². The van der Waals surface area contributed by atoms with Crippen LogP contribution >= 0.6 is 0 Å². The Kier molecular flexibility index (Phi) is 3.68. The maximum atomic E-state index is 14.4. The Morgan fingerprint density at radius 2 is 2.24 bits per heavy atom. The first-order valence-electron chi connectivity index (χ1n) is 11.0. The molecule has 0 bridgehead atoms. The van der Waals surface area contributed by atoms with Crippen molar-refractivity contribution in [3.05, 3.63) is 53.6 Å². The number of fused-ring (bicyclic) bond motifs is 3. The van der Waals surface area contributed by atoms with Crippen LogP contribution in [0.2, 0.25) is 0 Å². The van der Waals surface area contributed by atoms with Crippen molar-refractivity contribution in [1.29, 1.82) is 0 Å². The van der Waals surface area contributed by atoms with Gasteiger partial charge in [-0.05, 0) is 66.5 Å². The molecule has 5 nitrogen and oxygen atoms in total. The molecule has 6 heteroatoms. The molecule has 4 atom stereocenters. The standard InChI is InChI=1S/C23H26FN3O2/c1-14-11-22(8-7-19(14)28-2)12-16-6-5-15(17-4-3-9-26-20(17)24)10-18(16)23(22)13-29-21(25)27-23/h3-6,9-10,14,19H,7-8,11-13H2,1-2H3,(H2,25,27)/t14-,19-,22-,23-/m1/s1/i13D2. The van der Waals surface area contributed by atoms with Crippen LogP contribution in [0.3, 0.4) is 0 Å². The van der Waals surface area contributed by atoms with Crippen LogP contribution in [0.25, 0.3) is 11.1 Å². The van der Waals surface area contributed by atoms with Gasteiger partial charge in [0.05, 0.1) is 8.85 Å². The second kappa shape index (κ2) is 6.52. The summed E-state index contributed by atoms with van der Waals surface area (Å²) in [7, 11) is 1.72. The van der Waals surface area contributed by atoms with E-state index in [1.807, 2.05) is 18.2 Å². The zero-order valence-corrected chi connectivity index (χ0v) is 16.6. The third kappa shape index (κ3) is 2.61. The Labute approximate surface area is 173 Å². The topological polar surface area (TPSA) is 69.7 Å². The highest BCUT2D eigenvalue weighted by Crippen LogP contribution is 2.62. The molecule has 0 unspecified atom stereocenters. The van der Waals surface area contributed by atoms with Gasteiger partial charge in [0, 0.05) is 24.3 Å². The highest BCUT2D eigenvalue weighted by molar-refractivity contribution is 5.76. The van der Waals surface area contributed by atoms with E-state index in [1.165, 1.54) is 6.20 Å². The van der Waals surface area contributed by atoms with E-state index in [9.17, 15) is 4.39 Å². The summed E-state index contributed by atoms with van der Waals surface area (Å²) in [6.45, 7) is 0.0225. The summed E-state index contributed by atoms with van der Waals surface area (Å²) in [5, 5.41) is 0. The van der Waals surface area contributed by atoms with Gasteiger partial charge >= 0.3 is 0 Å². The summed E-state index contributed by atoms with van der Waals surface area (Å²) < 4.78 is 43.3. The molecule has 1 fully saturated rings. The van der Waals surface area contributed by atoms with Crippen LogP contribution in [0.15, 0.2) is 41.5 Å². The van der Waals surface area contributed by atoms with Gasteiger partial charge in [-0.25, -0.2) is 9.98 Å². The fraction of sp³-hybridized carbons (Fsp3) is 0.478. The van der Waals surface area contributed by atoms with Crippen molar-refractivity contribution in [1.82, 2.24) is 4.98 Å². The molecule has 2 spiro atoms. The smallest absolute Gasteiger partial charge is 0.283 e. The lowest BCUT2D eigenvalue weighted by molar-refractivity contribution is -0.0445. The molecule has 2 aliphatic carbocycles. The van der Waals surface area contributed by atoms with E-state index in [2.05, 4.69) is 16.9 Å². The van der Waals surface area contributed by atoms with Crippen LogP contribution in [0.1, 0.15) is 40.1 Å². The van der Waals surface area contributed by atoms with E-state index < -0.39 is 23.5 Å². The van der Waals surface area contributed by atoms with Gasteiger partial charge in [-0.15, -0.1) is 0 Å². The molecule has 2 heterocycles. The molecule has 0 saturated heterocycles. The number of methoxy groups -OCH3 is 1. The van der Waals surface area contributed by atoms with Crippen molar-refractivity contribution in [3.63, 3.8) is 0 Å². The van der Waals surface area contributed by atoms with Crippen molar-refractivity contribution in [3.8, 4) is 11.1 Å². The number of aromatic nitrogens is 1. The van der Waals surface area contributed by atoms with Crippen molar-refractivity contribution in [2.24, 2.45) is 22.1 Å². The van der Waals surface area contributed by atoms with Crippen LogP contribution in [0.4, 0.5) is 4.39 Å². The number of halogens is 1. The highest BCUT2D eigenvalue weighted by atomic mass is 19.1.